The van der Waals surface area contributed by atoms with Gasteiger partial charge in [0.15, 0.2) is 5.13 Å². The number of urea groups is 1. The van der Waals surface area contributed by atoms with Gasteiger partial charge < -0.3 is 10.1 Å². The van der Waals surface area contributed by atoms with Crippen molar-refractivity contribution in [3.63, 3.8) is 0 Å². The predicted molar refractivity (Wildman–Crippen MR) is 113 cm³/mol. The maximum Gasteiger partial charge on any atom is 0.325 e. The van der Waals surface area contributed by atoms with Gasteiger partial charge in [-0.1, -0.05) is 19.9 Å². The highest BCUT2D eigenvalue weighted by Crippen LogP contribution is 2.26. The Morgan fingerprint density at radius 3 is 2.62 bits per heavy atom. The van der Waals surface area contributed by atoms with Crippen LogP contribution in [0, 0.1) is 12.8 Å². The summed E-state index contributed by atoms with van der Waals surface area (Å²) in [5, 5.41) is 7.16. The summed E-state index contributed by atoms with van der Waals surface area (Å²) in [5.41, 5.74) is 1.88. The minimum absolute atomic E-state index is 0.210. The van der Waals surface area contributed by atoms with Crippen molar-refractivity contribution < 1.29 is 22.7 Å². The lowest BCUT2D eigenvalue weighted by molar-refractivity contribution is -0.118. The van der Waals surface area contributed by atoms with Crippen LogP contribution < -0.4 is 20.1 Å². The van der Waals surface area contributed by atoms with E-state index < -0.39 is 22.0 Å². The van der Waals surface area contributed by atoms with E-state index in [1.165, 1.54) is 0 Å². The number of sulfonamides is 1. The second kappa shape index (κ2) is 9.70. The Morgan fingerprint density at radius 2 is 1.97 bits per heavy atom. The summed E-state index contributed by atoms with van der Waals surface area (Å²) in [6.07, 6.45) is 0.686. The fourth-order valence-electron chi connectivity index (χ4n) is 2.21. The van der Waals surface area contributed by atoms with Crippen molar-refractivity contribution in [2.75, 3.05) is 23.5 Å². The van der Waals surface area contributed by atoms with Crippen molar-refractivity contribution in [3.8, 4) is 5.75 Å². The first-order valence-corrected chi connectivity index (χ1v) is 11.6. The number of hydrogen-bond acceptors (Lipinski definition) is 7. The van der Waals surface area contributed by atoms with E-state index in [2.05, 4.69) is 15.6 Å². The van der Waals surface area contributed by atoms with Gasteiger partial charge in [-0.3, -0.25) is 14.8 Å². The van der Waals surface area contributed by atoms with Crippen molar-refractivity contribution >= 4 is 44.1 Å². The minimum atomic E-state index is -3.62. The number of carbonyl (C=O) groups is 2. The number of thiazole rings is 1. The first-order chi connectivity index (χ1) is 13.5. The van der Waals surface area contributed by atoms with Crippen LogP contribution in [0.4, 0.5) is 15.6 Å². The van der Waals surface area contributed by atoms with Gasteiger partial charge in [0, 0.05) is 5.38 Å². The molecule has 0 unspecified atom stereocenters. The van der Waals surface area contributed by atoms with Crippen LogP contribution in [-0.2, 0) is 21.2 Å². The molecule has 0 aliphatic carbocycles. The molecule has 1 aromatic carbocycles. The van der Waals surface area contributed by atoms with Crippen LogP contribution in [0.3, 0.4) is 0 Å². The Labute approximate surface area is 173 Å². The first kappa shape index (κ1) is 22.6. The SMILES string of the molecule is Cc1ccc(NC(=O)Nc2nc(CC(=O)NS(C)(=O)=O)cs2)c(OCC(C)C)c1. The average molecular weight is 441 g/mol. The fraction of sp³-hybridized carbons (Fsp3) is 0.389. The van der Waals surface area contributed by atoms with Gasteiger partial charge in [-0.05, 0) is 30.5 Å². The van der Waals surface area contributed by atoms with Gasteiger partial charge in [-0.2, -0.15) is 0 Å². The third kappa shape index (κ3) is 8.08. The molecule has 3 amide bonds. The number of carbonyl (C=O) groups excluding carboxylic acids is 2. The van der Waals surface area contributed by atoms with Crippen LogP contribution in [0.25, 0.3) is 0 Å². The summed E-state index contributed by atoms with van der Waals surface area (Å²) < 4.78 is 29.8. The molecule has 0 saturated carbocycles. The highest BCUT2D eigenvalue weighted by Gasteiger charge is 2.14. The van der Waals surface area contributed by atoms with Gasteiger partial charge in [0.25, 0.3) is 0 Å². The fourth-order valence-corrected chi connectivity index (χ4v) is 3.40. The Morgan fingerprint density at radius 1 is 1.24 bits per heavy atom. The molecule has 1 aromatic heterocycles. The highest BCUT2D eigenvalue weighted by molar-refractivity contribution is 7.89. The van der Waals surface area contributed by atoms with Gasteiger partial charge >= 0.3 is 6.03 Å². The molecule has 0 atom stereocenters. The monoisotopic (exact) mass is 440 g/mol. The molecule has 0 fully saturated rings. The molecule has 3 N–H and O–H groups in total. The lowest BCUT2D eigenvalue weighted by Gasteiger charge is -2.14. The van der Waals surface area contributed by atoms with Crippen LogP contribution in [-0.4, -0.2) is 38.2 Å². The normalized spacial score (nSPS) is 11.2. The summed E-state index contributed by atoms with van der Waals surface area (Å²) in [5.74, 6) is 0.220. The standard InChI is InChI=1S/C18H24N4O5S2/c1-11(2)9-27-15-7-12(3)5-6-14(15)20-17(24)21-18-19-13(10-28-18)8-16(23)22-29(4,25)26/h5-7,10-11H,8-9H2,1-4H3,(H,22,23)(H2,19,20,21,24). The van der Waals surface area contributed by atoms with E-state index in [-0.39, 0.29) is 11.6 Å². The molecular weight excluding hydrogens is 416 g/mol. The van der Waals surface area contributed by atoms with Gasteiger partial charge in [0.2, 0.25) is 15.9 Å². The molecular formula is C18H24N4O5S2. The number of anilines is 2. The summed E-state index contributed by atoms with van der Waals surface area (Å²) in [4.78, 5) is 28.1. The molecule has 158 valence electrons. The lowest BCUT2D eigenvalue weighted by Crippen LogP contribution is -2.30. The zero-order valence-corrected chi connectivity index (χ0v) is 18.2. The number of aromatic nitrogens is 1. The topological polar surface area (TPSA) is 126 Å². The molecule has 1 heterocycles. The molecule has 0 bridgehead atoms. The highest BCUT2D eigenvalue weighted by atomic mass is 32.2. The van der Waals surface area contributed by atoms with Crippen molar-refractivity contribution in [2.45, 2.75) is 27.2 Å². The second-order valence-corrected chi connectivity index (χ2v) is 9.51. The summed E-state index contributed by atoms with van der Waals surface area (Å²) in [6, 6.07) is 4.96. The quantitative estimate of drug-likeness (QED) is 0.579. The number of ether oxygens (including phenoxy) is 1. The third-order valence-corrected chi connectivity index (χ3v) is 4.78. The Kier molecular flexibility index (Phi) is 7.57. The van der Waals surface area contributed by atoms with E-state index in [0.717, 1.165) is 23.2 Å². The van der Waals surface area contributed by atoms with Crippen LogP contribution in [0.15, 0.2) is 23.6 Å². The maximum absolute atomic E-state index is 12.3. The number of benzene rings is 1. The van der Waals surface area contributed by atoms with Crippen molar-refractivity contribution in [1.29, 1.82) is 0 Å². The number of rotatable bonds is 8. The Bertz CT molecular complexity index is 986. The molecule has 0 radical (unpaired) electrons. The third-order valence-electron chi connectivity index (χ3n) is 3.37. The number of aryl methyl sites for hydroxylation is 1. The summed E-state index contributed by atoms with van der Waals surface area (Å²) in [7, 11) is -3.62. The van der Waals surface area contributed by atoms with Crippen LogP contribution in [0.1, 0.15) is 25.1 Å². The molecule has 0 saturated heterocycles. The van der Waals surface area contributed by atoms with E-state index >= 15 is 0 Å². The molecule has 2 aromatic rings. The number of nitrogens with zero attached hydrogens (tertiary/aromatic N) is 1. The maximum atomic E-state index is 12.3. The number of amides is 3. The molecule has 0 aliphatic heterocycles. The molecule has 11 heteroatoms. The predicted octanol–water partition coefficient (Wildman–Crippen LogP) is 2.75. The number of nitrogens with one attached hydrogen (secondary N) is 3. The van der Waals surface area contributed by atoms with Gasteiger partial charge in [0.1, 0.15) is 5.75 Å². The molecule has 0 spiro atoms. The molecule has 9 nitrogen and oxygen atoms in total. The van der Waals surface area contributed by atoms with E-state index in [4.69, 9.17) is 4.74 Å². The van der Waals surface area contributed by atoms with Gasteiger partial charge in [-0.25, -0.2) is 18.2 Å². The zero-order chi connectivity index (χ0) is 21.6. The zero-order valence-electron chi connectivity index (χ0n) is 16.6. The Balaban J connectivity index is 1.98. The van der Waals surface area contributed by atoms with Crippen LogP contribution in [0.5, 0.6) is 5.75 Å². The van der Waals surface area contributed by atoms with E-state index in [1.807, 2.05) is 37.6 Å². The van der Waals surface area contributed by atoms with Gasteiger partial charge in [-0.15, -0.1) is 11.3 Å². The Hall–Kier alpha value is -2.66. The van der Waals surface area contributed by atoms with Crippen LogP contribution >= 0.6 is 11.3 Å². The van der Waals surface area contributed by atoms with E-state index in [1.54, 1.807) is 11.4 Å². The van der Waals surface area contributed by atoms with E-state index in [9.17, 15) is 18.0 Å². The van der Waals surface area contributed by atoms with Gasteiger partial charge in [0.05, 0.1) is 30.7 Å². The summed E-state index contributed by atoms with van der Waals surface area (Å²) >= 11 is 1.13. The number of hydrogen-bond donors (Lipinski definition) is 3. The summed E-state index contributed by atoms with van der Waals surface area (Å²) in [6.45, 7) is 6.52. The molecule has 29 heavy (non-hydrogen) atoms. The lowest BCUT2D eigenvalue weighted by atomic mass is 10.2. The second-order valence-electron chi connectivity index (χ2n) is 6.90. The van der Waals surface area contributed by atoms with Crippen molar-refractivity contribution in [2.24, 2.45) is 5.92 Å². The van der Waals surface area contributed by atoms with Crippen molar-refractivity contribution in [3.05, 3.63) is 34.8 Å². The molecule has 2 rings (SSSR count). The van der Waals surface area contributed by atoms with Crippen molar-refractivity contribution in [1.82, 2.24) is 9.71 Å². The largest absolute Gasteiger partial charge is 0.491 e. The first-order valence-electron chi connectivity index (χ1n) is 8.78. The average Bonchev–Trinajstić information content (AvgIpc) is 2.99. The smallest absolute Gasteiger partial charge is 0.325 e. The minimum Gasteiger partial charge on any atom is -0.491 e. The van der Waals surface area contributed by atoms with Crippen LogP contribution in [0.2, 0.25) is 0 Å². The molecule has 0 aliphatic rings. The van der Waals surface area contributed by atoms with E-state index in [0.29, 0.717) is 29.7 Å².